The van der Waals surface area contributed by atoms with E-state index in [1.54, 1.807) is 23.4 Å². The van der Waals surface area contributed by atoms with Crippen LogP contribution < -0.4 is 0 Å². The molecule has 0 saturated carbocycles. The van der Waals surface area contributed by atoms with Crippen molar-refractivity contribution < 1.29 is 23.9 Å². The van der Waals surface area contributed by atoms with Crippen LogP contribution in [0.1, 0.15) is 84.0 Å². The van der Waals surface area contributed by atoms with Gasteiger partial charge in [-0.05, 0) is 38.7 Å². The molecular formula is C23H36N2O5. The van der Waals surface area contributed by atoms with Crippen LogP contribution in [-0.2, 0) is 21.3 Å². The summed E-state index contributed by atoms with van der Waals surface area (Å²) >= 11 is 0. The second-order valence-corrected chi connectivity index (χ2v) is 8.13. The van der Waals surface area contributed by atoms with Gasteiger partial charge in [0.1, 0.15) is 5.69 Å². The predicted molar refractivity (Wildman–Crippen MR) is 115 cm³/mol. The third-order valence-corrected chi connectivity index (χ3v) is 5.97. The lowest BCUT2D eigenvalue weighted by molar-refractivity contribution is -0.132. The van der Waals surface area contributed by atoms with Crippen LogP contribution in [0.2, 0.25) is 0 Å². The average Bonchev–Trinajstić information content (AvgIpc) is 3.30. The Bertz CT molecular complexity index is 762. The van der Waals surface area contributed by atoms with Crippen molar-refractivity contribution in [2.45, 2.75) is 71.8 Å². The van der Waals surface area contributed by atoms with Gasteiger partial charge in [-0.15, -0.1) is 0 Å². The summed E-state index contributed by atoms with van der Waals surface area (Å²) in [5, 5.41) is 0. The summed E-state index contributed by atoms with van der Waals surface area (Å²) in [4.78, 5) is 39.9. The monoisotopic (exact) mass is 420 g/mol. The topological polar surface area (TPSA) is 77.8 Å². The van der Waals surface area contributed by atoms with Crippen molar-refractivity contribution in [2.75, 3.05) is 26.8 Å². The van der Waals surface area contributed by atoms with Crippen LogP contribution in [0.4, 0.5) is 0 Å². The number of methoxy groups -OCH3 is 1. The van der Waals surface area contributed by atoms with Crippen molar-refractivity contribution in [3.63, 3.8) is 0 Å². The fourth-order valence-corrected chi connectivity index (χ4v) is 4.18. The lowest BCUT2D eigenvalue weighted by atomic mass is 10.0. The lowest BCUT2D eigenvalue weighted by Crippen LogP contribution is -2.40. The van der Waals surface area contributed by atoms with E-state index in [0.717, 1.165) is 38.5 Å². The first-order valence-corrected chi connectivity index (χ1v) is 11.0. The Hall–Kier alpha value is -2.15. The van der Waals surface area contributed by atoms with Gasteiger partial charge in [-0.3, -0.25) is 9.59 Å². The van der Waals surface area contributed by atoms with Gasteiger partial charge in [0.2, 0.25) is 5.91 Å². The number of amides is 1. The molecule has 0 aliphatic carbocycles. The Balaban J connectivity index is 2.18. The molecule has 1 fully saturated rings. The number of carbonyl (C=O) groups is 3. The number of nitrogens with zero attached hydrogens (tertiary/aromatic N) is 2. The van der Waals surface area contributed by atoms with Crippen LogP contribution in [0.5, 0.6) is 0 Å². The molecule has 0 radical (unpaired) electrons. The second-order valence-electron chi connectivity index (χ2n) is 8.13. The Labute approximate surface area is 179 Å². The van der Waals surface area contributed by atoms with Gasteiger partial charge in [-0.1, -0.05) is 26.2 Å². The quantitative estimate of drug-likeness (QED) is 0.311. The number of Topliss-reactive ketones (excluding diaryl/α,β-unsaturated/α-hetero) is 1. The molecule has 1 aliphatic heterocycles. The number of hydrogen-bond acceptors (Lipinski definition) is 5. The van der Waals surface area contributed by atoms with E-state index in [-0.39, 0.29) is 24.3 Å². The molecule has 0 aromatic carbocycles. The summed E-state index contributed by atoms with van der Waals surface area (Å²) in [6.45, 7) is 6.84. The standard InChI is InChI=1S/C23H36N2O5/c1-6-7-8-9-12-20(27)25(14-18-11-10-13-30-18)15-19(26)21-16(2)22(23(28)29-5)24(4)17(21)3/h18H,6-15H2,1-5H3/t18-/m0/s1. The average molecular weight is 421 g/mol. The largest absolute Gasteiger partial charge is 0.464 e. The van der Waals surface area contributed by atoms with E-state index in [4.69, 9.17) is 9.47 Å². The molecule has 2 rings (SSSR count). The van der Waals surface area contributed by atoms with Crippen LogP contribution in [0.3, 0.4) is 0 Å². The van der Waals surface area contributed by atoms with Crippen LogP contribution >= 0.6 is 0 Å². The van der Waals surface area contributed by atoms with Gasteiger partial charge in [0.05, 0.1) is 19.8 Å². The lowest BCUT2D eigenvalue weighted by Gasteiger charge is -2.25. The van der Waals surface area contributed by atoms with E-state index in [0.29, 0.717) is 42.1 Å². The third-order valence-electron chi connectivity index (χ3n) is 5.97. The van der Waals surface area contributed by atoms with Crippen molar-refractivity contribution in [3.8, 4) is 0 Å². The molecule has 7 nitrogen and oxygen atoms in total. The van der Waals surface area contributed by atoms with Crippen molar-refractivity contribution in [1.29, 1.82) is 0 Å². The first-order valence-electron chi connectivity index (χ1n) is 11.0. The molecule has 30 heavy (non-hydrogen) atoms. The molecule has 7 heteroatoms. The van der Waals surface area contributed by atoms with Gasteiger partial charge in [-0.2, -0.15) is 0 Å². The fourth-order valence-electron chi connectivity index (χ4n) is 4.18. The molecule has 1 saturated heterocycles. The Morgan fingerprint density at radius 2 is 1.93 bits per heavy atom. The highest BCUT2D eigenvalue weighted by molar-refractivity contribution is 6.04. The van der Waals surface area contributed by atoms with Gasteiger partial charge < -0.3 is 18.9 Å². The molecule has 1 amide bonds. The zero-order valence-corrected chi connectivity index (χ0v) is 19.1. The zero-order valence-electron chi connectivity index (χ0n) is 19.1. The van der Waals surface area contributed by atoms with E-state index in [2.05, 4.69) is 6.92 Å². The summed E-state index contributed by atoms with van der Waals surface area (Å²) in [5.74, 6) is -0.634. The number of hydrogen-bond donors (Lipinski definition) is 0. The molecule has 0 spiro atoms. The van der Waals surface area contributed by atoms with E-state index in [9.17, 15) is 14.4 Å². The van der Waals surface area contributed by atoms with Gasteiger partial charge in [-0.25, -0.2) is 4.79 Å². The first-order chi connectivity index (χ1) is 14.3. The predicted octanol–water partition coefficient (Wildman–Crippen LogP) is 3.59. The van der Waals surface area contributed by atoms with E-state index < -0.39 is 5.97 Å². The van der Waals surface area contributed by atoms with Crippen molar-refractivity contribution in [1.82, 2.24) is 9.47 Å². The van der Waals surface area contributed by atoms with E-state index in [1.165, 1.54) is 7.11 Å². The van der Waals surface area contributed by atoms with Gasteiger partial charge >= 0.3 is 5.97 Å². The molecule has 2 heterocycles. The van der Waals surface area contributed by atoms with E-state index >= 15 is 0 Å². The van der Waals surface area contributed by atoms with Crippen molar-refractivity contribution in [3.05, 3.63) is 22.5 Å². The van der Waals surface area contributed by atoms with Crippen molar-refractivity contribution in [2.24, 2.45) is 7.05 Å². The number of esters is 1. The summed E-state index contributed by atoms with van der Waals surface area (Å²) in [5.41, 5.74) is 2.16. The Kier molecular flexibility index (Phi) is 9.08. The van der Waals surface area contributed by atoms with Gasteiger partial charge in [0.25, 0.3) is 0 Å². The van der Waals surface area contributed by atoms with Crippen LogP contribution in [0.15, 0.2) is 0 Å². The number of ether oxygens (including phenoxy) is 2. The Morgan fingerprint density at radius 3 is 2.53 bits per heavy atom. The number of carbonyl (C=O) groups excluding carboxylic acids is 3. The minimum Gasteiger partial charge on any atom is -0.464 e. The highest BCUT2D eigenvalue weighted by atomic mass is 16.5. The molecule has 0 N–H and O–H groups in total. The molecule has 1 aliphatic rings. The summed E-state index contributed by atoms with van der Waals surface area (Å²) in [7, 11) is 3.07. The number of unbranched alkanes of at least 4 members (excludes halogenated alkanes) is 3. The second kappa shape index (κ2) is 11.3. The highest BCUT2D eigenvalue weighted by Crippen LogP contribution is 2.23. The van der Waals surface area contributed by atoms with Crippen LogP contribution in [0.25, 0.3) is 0 Å². The molecule has 0 bridgehead atoms. The summed E-state index contributed by atoms with van der Waals surface area (Å²) in [6.07, 6.45) is 6.39. The van der Waals surface area contributed by atoms with Crippen molar-refractivity contribution >= 4 is 17.7 Å². The highest BCUT2D eigenvalue weighted by Gasteiger charge is 2.29. The maximum atomic E-state index is 13.2. The molecule has 168 valence electrons. The normalized spacial score (nSPS) is 16.0. The first kappa shape index (κ1) is 24.1. The summed E-state index contributed by atoms with van der Waals surface area (Å²) < 4.78 is 12.3. The number of rotatable bonds is 11. The maximum absolute atomic E-state index is 13.2. The zero-order chi connectivity index (χ0) is 22.3. The smallest absolute Gasteiger partial charge is 0.354 e. The molecule has 1 atom stereocenters. The minimum absolute atomic E-state index is 0.00121. The molecule has 1 aromatic rings. The number of ketones is 1. The molecule has 1 aromatic heterocycles. The van der Waals surface area contributed by atoms with Gasteiger partial charge in [0.15, 0.2) is 5.78 Å². The SMILES string of the molecule is CCCCCCC(=O)N(CC(=O)c1c(C)c(C(=O)OC)n(C)c1C)C[C@@H]1CCCO1. The van der Waals surface area contributed by atoms with Gasteiger partial charge in [0, 0.05) is 37.9 Å². The molecule has 0 unspecified atom stereocenters. The third kappa shape index (κ3) is 5.72. The number of aromatic nitrogens is 1. The van der Waals surface area contributed by atoms with Crippen LogP contribution in [-0.4, -0.2) is 60.0 Å². The van der Waals surface area contributed by atoms with E-state index in [1.807, 2.05) is 6.92 Å². The van der Waals surface area contributed by atoms with Crippen LogP contribution in [0, 0.1) is 13.8 Å². The maximum Gasteiger partial charge on any atom is 0.354 e. The Morgan fingerprint density at radius 1 is 1.20 bits per heavy atom. The fraction of sp³-hybridized carbons (Fsp3) is 0.696. The minimum atomic E-state index is -0.472. The summed E-state index contributed by atoms with van der Waals surface area (Å²) in [6, 6.07) is 0. The molecular weight excluding hydrogens is 384 g/mol.